The minimum Gasteiger partial charge on any atom is -0.314 e. The first kappa shape index (κ1) is 15.0. The lowest BCUT2D eigenvalue weighted by atomic mass is 10.1. The van der Waals surface area contributed by atoms with E-state index in [-0.39, 0.29) is 0 Å². The minimum absolute atomic E-state index is 0.810. The third-order valence-corrected chi connectivity index (χ3v) is 3.89. The van der Waals surface area contributed by atoms with Crippen molar-refractivity contribution in [2.45, 2.75) is 71.3 Å². The third kappa shape index (κ3) is 6.42. The summed E-state index contributed by atoms with van der Waals surface area (Å²) < 4.78 is 0. The zero-order valence-electron chi connectivity index (χ0n) is 12.0. The number of hydrogen-bond acceptors (Lipinski definition) is 2. The van der Waals surface area contributed by atoms with Crippen LogP contribution in [-0.2, 0) is 0 Å². The molecule has 1 aliphatic rings. The van der Waals surface area contributed by atoms with Gasteiger partial charge in [0.1, 0.15) is 0 Å². The summed E-state index contributed by atoms with van der Waals surface area (Å²) in [6, 6.07) is 0.810. The first-order valence-electron chi connectivity index (χ1n) is 7.83. The summed E-state index contributed by atoms with van der Waals surface area (Å²) in [4.78, 5) is 2.72. The van der Waals surface area contributed by atoms with Crippen LogP contribution in [0.15, 0.2) is 0 Å². The first-order chi connectivity index (χ1) is 8.38. The van der Waals surface area contributed by atoms with Gasteiger partial charge in [-0.1, -0.05) is 52.4 Å². The van der Waals surface area contributed by atoms with Crippen molar-refractivity contribution in [2.24, 2.45) is 0 Å². The van der Waals surface area contributed by atoms with Gasteiger partial charge in [0.2, 0.25) is 0 Å². The number of rotatable bonds is 9. The Bertz CT molecular complexity index is 168. The second kappa shape index (κ2) is 9.90. The smallest absolute Gasteiger partial charge is 0.0221 e. The largest absolute Gasteiger partial charge is 0.314 e. The summed E-state index contributed by atoms with van der Waals surface area (Å²) in [5.41, 5.74) is 0. The molecule has 102 valence electrons. The van der Waals surface area contributed by atoms with Gasteiger partial charge < -0.3 is 5.32 Å². The fourth-order valence-corrected chi connectivity index (χ4v) is 2.81. The van der Waals surface area contributed by atoms with E-state index in [1.165, 1.54) is 77.5 Å². The van der Waals surface area contributed by atoms with Crippen LogP contribution in [0.25, 0.3) is 0 Å². The van der Waals surface area contributed by atoms with Gasteiger partial charge in [-0.25, -0.2) is 0 Å². The average Bonchev–Trinajstić information content (AvgIpc) is 2.36. The Labute approximate surface area is 108 Å². The second-order valence-electron chi connectivity index (χ2n) is 5.45. The van der Waals surface area contributed by atoms with Crippen LogP contribution in [-0.4, -0.2) is 37.1 Å². The molecule has 1 saturated heterocycles. The summed E-state index contributed by atoms with van der Waals surface area (Å²) in [5, 5.41) is 3.53. The van der Waals surface area contributed by atoms with Crippen molar-refractivity contribution in [3.05, 3.63) is 0 Å². The molecule has 0 aromatic carbocycles. The van der Waals surface area contributed by atoms with Crippen LogP contribution in [0.2, 0.25) is 0 Å². The molecule has 1 N–H and O–H groups in total. The summed E-state index contributed by atoms with van der Waals surface area (Å²) in [5.74, 6) is 0. The fraction of sp³-hybridized carbons (Fsp3) is 1.00. The molecule has 1 rings (SSSR count). The summed E-state index contributed by atoms with van der Waals surface area (Å²) in [7, 11) is 0. The molecule has 0 aromatic rings. The van der Waals surface area contributed by atoms with Gasteiger partial charge in [-0.2, -0.15) is 0 Å². The van der Waals surface area contributed by atoms with Gasteiger partial charge in [0.25, 0.3) is 0 Å². The number of unbranched alkanes of at least 4 members (excludes halogenated alkanes) is 5. The second-order valence-corrected chi connectivity index (χ2v) is 5.45. The molecule has 1 heterocycles. The SMILES string of the molecule is CCCCCCCCN1CCNCC1CCC. The van der Waals surface area contributed by atoms with Crippen molar-refractivity contribution in [1.29, 1.82) is 0 Å². The normalized spacial score (nSPS) is 21.9. The predicted octanol–water partition coefficient (Wildman–Crippen LogP) is 3.42. The summed E-state index contributed by atoms with van der Waals surface area (Å²) >= 11 is 0. The van der Waals surface area contributed by atoms with Gasteiger partial charge >= 0.3 is 0 Å². The predicted molar refractivity (Wildman–Crippen MR) is 76.5 cm³/mol. The van der Waals surface area contributed by atoms with E-state index in [9.17, 15) is 0 Å². The topological polar surface area (TPSA) is 15.3 Å². The molecule has 1 fully saturated rings. The summed E-state index contributed by atoms with van der Waals surface area (Å²) in [6.07, 6.45) is 11.2. The maximum Gasteiger partial charge on any atom is 0.0221 e. The molecule has 0 aromatic heterocycles. The van der Waals surface area contributed by atoms with Crippen LogP contribution in [0.5, 0.6) is 0 Å². The fourth-order valence-electron chi connectivity index (χ4n) is 2.81. The monoisotopic (exact) mass is 240 g/mol. The molecular weight excluding hydrogens is 208 g/mol. The first-order valence-corrected chi connectivity index (χ1v) is 7.83. The molecule has 0 spiro atoms. The van der Waals surface area contributed by atoms with Crippen LogP contribution >= 0.6 is 0 Å². The molecule has 0 saturated carbocycles. The highest BCUT2D eigenvalue weighted by molar-refractivity contribution is 4.79. The number of piperazine rings is 1. The van der Waals surface area contributed by atoms with Crippen LogP contribution in [0.3, 0.4) is 0 Å². The van der Waals surface area contributed by atoms with E-state index in [4.69, 9.17) is 0 Å². The Balaban J connectivity index is 2.06. The lowest BCUT2D eigenvalue weighted by Gasteiger charge is -2.36. The maximum atomic E-state index is 3.53. The van der Waals surface area contributed by atoms with Gasteiger partial charge in [-0.15, -0.1) is 0 Å². The van der Waals surface area contributed by atoms with Crippen LogP contribution in [0.4, 0.5) is 0 Å². The van der Waals surface area contributed by atoms with E-state index in [1.54, 1.807) is 0 Å². The molecule has 0 amide bonds. The zero-order chi connectivity index (χ0) is 12.3. The van der Waals surface area contributed by atoms with Crippen LogP contribution in [0.1, 0.15) is 65.2 Å². The Morgan fingerprint density at radius 3 is 2.53 bits per heavy atom. The zero-order valence-corrected chi connectivity index (χ0v) is 12.0. The molecule has 1 aliphatic heterocycles. The van der Waals surface area contributed by atoms with Crippen molar-refractivity contribution >= 4 is 0 Å². The van der Waals surface area contributed by atoms with Crippen molar-refractivity contribution < 1.29 is 0 Å². The quantitative estimate of drug-likeness (QED) is 0.621. The van der Waals surface area contributed by atoms with Gasteiger partial charge in [-0.05, 0) is 19.4 Å². The molecule has 0 aliphatic carbocycles. The van der Waals surface area contributed by atoms with Crippen molar-refractivity contribution in [1.82, 2.24) is 10.2 Å². The highest BCUT2D eigenvalue weighted by atomic mass is 15.2. The minimum atomic E-state index is 0.810. The molecule has 0 radical (unpaired) electrons. The number of nitrogens with one attached hydrogen (secondary N) is 1. The maximum absolute atomic E-state index is 3.53. The molecule has 0 bridgehead atoms. The van der Waals surface area contributed by atoms with E-state index >= 15 is 0 Å². The van der Waals surface area contributed by atoms with E-state index in [0.29, 0.717) is 0 Å². The van der Waals surface area contributed by atoms with Crippen molar-refractivity contribution in [3.63, 3.8) is 0 Å². The molecule has 17 heavy (non-hydrogen) atoms. The number of nitrogens with zero attached hydrogens (tertiary/aromatic N) is 1. The Kier molecular flexibility index (Phi) is 8.72. The highest BCUT2D eigenvalue weighted by Gasteiger charge is 2.20. The van der Waals surface area contributed by atoms with Crippen LogP contribution < -0.4 is 5.32 Å². The third-order valence-electron chi connectivity index (χ3n) is 3.89. The lowest BCUT2D eigenvalue weighted by molar-refractivity contribution is 0.149. The van der Waals surface area contributed by atoms with E-state index in [1.807, 2.05) is 0 Å². The Morgan fingerprint density at radius 2 is 1.76 bits per heavy atom. The number of hydrogen-bond donors (Lipinski definition) is 1. The Morgan fingerprint density at radius 1 is 1.00 bits per heavy atom. The van der Waals surface area contributed by atoms with E-state index < -0.39 is 0 Å². The van der Waals surface area contributed by atoms with Crippen molar-refractivity contribution in [2.75, 3.05) is 26.2 Å². The van der Waals surface area contributed by atoms with Gasteiger partial charge in [-0.3, -0.25) is 4.90 Å². The van der Waals surface area contributed by atoms with E-state index in [2.05, 4.69) is 24.1 Å². The highest BCUT2D eigenvalue weighted by Crippen LogP contribution is 2.12. The van der Waals surface area contributed by atoms with Crippen molar-refractivity contribution in [3.8, 4) is 0 Å². The average molecular weight is 240 g/mol. The van der Waals surface area contributed by atoms with E-state index in [0.717, 1.165) is 6.04 Å². The molecule has 2 heteroatoms. The van der Waals surface area contributed by atoms with Gasteiger partial charge in [0.15, 0.2) is 0 Å². The Hall–Kier alpha value is -0.0800. The van der Waals surface area contributed by atoms with Gasteiger partial charge in [0.05, 0.1) is 0 Å². The van der Waals surface area contributed by atoms with Gasteiger partial charge in [0, 0.05) is 25.7 Å². The summed E-state index contributed by atoms with van der Waals surface area (Å²) in [6.45, 7) is 9.59. The molecule has 1 unspecified atom stereocenters. The standard InChI is InChI=1S/C15H32N2/c1-3-5-6-7-8-9-12-17-13-11-16-14-15(17)10-4-2/h15-16H,3-14H2,1-2H3. The molecular formula is C15H32N2. The lowest BCUT2D eigenvalue weighted by Crippen LogP contribution is -2.51. The van der Waals surface area contributed by atoms with Crippen LogP contribution in [0, 0.1) is 0 Å². The molecule has 2 nitrogen and oxygen atoms in total. The molecule has 1 atom stereocenters.